The Morgan fingerprint density at radius 3 is 2.24 bits per heavy atom. The Morgan fingerprint density at radius 2 is 1.64 bits per heavy atom. The highest BCUT2D eigenvalue weighted by atomic mass is 35.5. The second kappa shape index (κ2) is 10.9. The quantitative estimate of drug-likeness (QED) is 0.351. The molecule has 172 valence electrons. The van der Waals surface area contributed by atoms with Crippen molar-refractivity contribution in [1.29, 1.82) is 0 Å². The van der Waals surface area contributed by atoms with E-state index >= 15 is 0 Å². The molecule has 0 radical (unpaired) electrons. The second-order valence-corrected chi connectivity index (χ2v) is 9.88. The summed E-state index contributed by atoms with van der Waals surface area (Å²) in [4.78, 5) is 12.6. The summed E-state index contributed by atoms with van der Waals surface area (Å²) in [5.41, 5.74) is 4.11. The zero-order chi connectivity index (χ0) is 24.0. The van der Waals surface area contributed by atoms with Gasteiger partial charge in [-0.15, -0.1) is 0 Å². The number of carbonyl (C=O) groups is 1. The van der Waals surface area contributed by atoms with Gasteiger partial charge in [-0.1, -0.05) is 59.1 Å². The smallest absolute Gasteiger partial charge is 0.255 e. The van der Waals surface area contributed by atoms with E-state index in [4.69, 9.17) is 23.2 Å². The molecule has 6 nitrogen and oxygen atoms in total. The van der Waals surface area contributed by atoms with Gasteiger partial charge in [-0.25, -0.2) is 18.2 Å². The molecule has 1 N–H and O–H groups in total. The van der Waals surface area contributed by atoms with Crippen molar-refractivity contribution in [3.63, 3.8) is 0 Å². The molecule has 3 aromatic rings. The summed E-state index contributed by atoms with van der Waals surface area (Å²) in [5, 5.41) is 4.37. The maximum Gasteiger partial charge on any atom is 0.255 e. The van der Waals surface area contributed by atoms with Crippen LogP contribution in [0.4, 0.5) is 4.39 Å². The first-order valence-corrected chi connectivity index (χ1v) is 11.9. The molecule has 0 saturated heterocycles. The lowest BCUT2D eigenvalue weighted by Gasteiger charge is -2.22. The lowest BCUT2D eigenvalue weighted by Crippen LogP contribution is -2.39. The molecule has 0 unspecified atom stereocenters. The topological polar surface area (TPSA) is 78.8 Å². The van der Waals surface area contributed by atoms with Crippen LogP contribution in [0.2, 0.25) is 10.0 Å². The molecule has 3 aromatic carbocycles. The molecule has 0 atom stereocenters. The van der Waals surface area contributed by atoms with Crippen molar-refractivity contribution in [3.8, 4) is 0 Å². The van der Waals surface area contributed by atoms with Gasteiger partial charge in [0.1, 0.15) is 5.82 Å². The molecule has 0 fully saturated rings. The third kappa shape index (κ3) is 6.61. The van der Waals surface area contributed by atoms with Crippen LogP contribution in [0, 0.1) is 12.7 Å². The predicted molar refractivity (Wildman–Crippen MR) is 127 cm³/mol. The van der Waals surface area contributed by atoms with E-state index in [0.29, 0.717) is 11.1 Å². The van der Waals surface area contributed by atoms with E-state index in [1.807, 2.05) is 6.92 Å². The molecule has 1 amide bonds. The fraction of sp³-hybridized carbons (Fsp3) is 0.130. The Bertz CT molecular complexity index is 1240. The van der Waals surface area contributed by atoms with Crippen LogP contribution in [0.1, 0.15) is 16.7 Å². The molecule has 33 heavy (non-hydrogen) atoms. The van der Waals surface area contributed by atoms with Crippen molar-refractivity contribution in [2.45, 2.75) is 18.4 Å². The van der Waals surface area contributed by atoms with Crippen molar-refractivity contribution in [2.75, 3.05) is 6.54 Å². The van der Waals surface area contributed by atoms with Gasteiger partial charge in [-0.2, -0.15) is 9.41 Å². The first-order valence-electron chi connectivity index (χ1n) is 9.74. The van der Waals surface area contributed by atoms with E-state index in [1.54, 1.807) is 30.3 Å². The second-order valence-electron chi connectivity index (χ2n) is 7.13. The minimum Gasteiger partial charge on any atom is -0.272 e. The highest BCUT2D eigenvalue weighted by Gasteiger charge is 2.28. The SMILES string of the molecule is Cc1ccc(S(=O)(=O)N(CC(=O)N/N=C\c2ccc(F)cc2)Cc2c(Cl)cccc2Cl)cc1. The molecular weight excluding hydrogens is 488 g/mol. The molecule has 0 aliphatic rings. The van der Waals surface area contributed by atoms with Crippen LogP contribution >= 0.6 is 23.2 Å². The van der Waals surface area contributed by atoms with Crippen LogP contribution in [0.15, 0.2) is 76.7 Å². The van der Waals surface area contributed by atoms with Crippen LogP contribution in [0.3, 0.4) is 0 Å². The van der Waals surface area contributed by atoms with E-state index in [2.05, 4.69) is 10.5 Å². The minimum absolute atomic E-state index is 0.0267. The maximum absolute atomic E-state index is 13.3. The molecule has 0 saturated carbocycles. The van der Waals surface area contributed by atoms with Crippen LogP contribution in [0.5, 0.6) is 0 Å². The zero-order valence-corrected chi connectivity index (χ0v) is 19.8. The van der Waals surface area contributed by atoms with Crippen molar-refractivity contribution in [1.82, 2.24) is 9.73 Å². The number of hydrazone groups is 1. The third-order valence-corrected chi connectivity index (χ3v) is 7.16. The monoisotopic (exact) mass is 507 g/mol. The summed E-state index contributed by atoms with van der Waals surface area (Å²) in [6.45, 7) is 1.09. The van der Waals surface area contributed by atoms with Crippen molar-refractivity contribution >= 4 is 45.3 Å². The lowest BCUT2D eigenvalue weighted by molar-refractivity contribution is -0.121. The highest BCUT2D eigenvalue weighted by molar-refractivity contribution is 7.89. The summed E-state index contributed by atoms with van der Waals surface area (Å²) in [5.74, 6) is -1.07. The van der Waals surface area contributed by atoms with Gasteiger partial charge in [0.15, 0.2) is 0 Å². The summed E-state index contributed by atoms with van der Waals surface area (Å²) < 4.78 is 40.6. The number of sulfonamides is 1. The fourth-order valence-corrected chi connectivity index (χ4v) is 4.75. The van der Waals surface area contributed by atoms with Gasteiger partial charge in [-0.05, 0) is 48.9 Å². The number of rotatable bonds is 8. The van der Waals surface area contributed by atoms with Gasteiger partial charge < -0.3 is 0 Å². The van der Waals surface area contributed by atoms with E-state index in [9.17, 15) is 17.6 Å². The molecule has 10 heteroatoms. The molecule has 0 spiro atoms. The number of nitrogens with one attached hydrogen (secondary N) is 1. The first kappa shape index (κ1) is 24.9. The maximum atomic E-state index is 13.3. The number of halogens is 3. The summed E-state index contributed by atoms with van der Waals surface area (Å²) in [7, 11) is -4.06. The molecule has 0 aromatic heterocycles. The molecular formula is C23H20Cl2FN3O3S. The van der Waals surface area contributed by atoms with Crippen LogP contribution in [-0.4, -0.2) is 31.4 Å². The Kier molecular flexibility index (Phi) is 8.20. The van der Waals surface area contributed by atoms with Gasteiger partial charge in [0.2, 0.25) is 10.0 Å². The van der Waals surface area contributed by atoms with Gasteiger partial charge >= 0.3 is 0 Å². The number of hydrogen-bond acceptors (Lipinski definition) is 4. The normalized spacial score (nSPS) is 11.8. The Balaban J connectivity index is 1.84. The van der Waals surface area contributed by atoms with Gasteiger partial charge in [-0.3, -0.25) is 4.79 Å². The zero-order valence-electron chi connectivity index (χ0n) is 17.5. The highest BCUT2D eigenvalue weighted by Crippen LogP contribution is 2.28. The summed E-state index contributed by atoms with van der Waals surface area (Å²) in [6.07, 6.45) is 1.32. The van der Waals surface area contributed by atoms with Crippen LogP contribution in [-0.2, 0) is 21.4 Å². The Morgan fingerprint density at radius 1 is 1.03 bits per heavy atom. The van der Waals surface area contributed by atoms with Crippen LogP contribution in [0.25, 0.3) is 0 Å². The van der Waals surface area contributed by atoms with Gasteiger partial charge in [0, 0.05) is 22.2 Å². The molecule has 0 aliphatic heterocycles. The predicted octanol–water partition coefficient (Wildman–Crippen LogP) is 4.78. The minimum atomic E-state index is -4.06. The number of nitrogens with zero attached hydrogens (tertiary/aromatic N) is 2. The third-order valence-electron chi connectivity index (χ3n) is 4.65. The lowest BCUT2D eigenvalue weighted by atomic mass is 10.2. The van der Waals surface area contributed by atoms with E-state index in [0.717, 1.165) is 9.87 Å². The average Bonchev–Trinajstić information content (AvgIpc) is 2.77. The Labute approximate surface area is 201 Å². The van der Waals surface area contributed by atoms with Gasteiger partial charge in [0.05, 0.1) is 17.7 Å². The fourth-order valence-electron chi connectivity index (χ4n) is 2.87. The summed E-state index contributed by atoms with van der Waals surface area (Å²) >= 11 is 12.5. The van der Waals surface area contributed by atoms with E-state index in [1.165, 1.54) is 42.6 Å². The standard InChI is InChI=1S/C23H20Cl2FN3O3S/c1-16-5-11-19(12-6-16)33(31,32)29(14-20-21(24)3-2-4-22(20)25)15-23(30)28-27-13-17-7-9-18(26)10-8-17/h2-13H,14-15H2,1H3,(H,28,30)/b27-13-. The largest absolute Gasteiger partial charge is 0.272 e. The number of aryl methyl sites for hydroxylation is 1. The van der Waals surface area contributed by atoms with Gasteiger partial charge in [0.25, 0.3) is 5.91 Å². The first-order chi connectivity index (χ1) is 15.7. The number of hydrogen-bond donors (Lipinski definition) is 1. The van der Waals surface area contributed by atoms with E-state index < -0.39 is 28.3 Å². The summed E-state index contributed by atoms with van der Waals surface area (Å²) in [6, 6.07) is 16.6. The molecule has 0 heterocycles. The number of amides is 1. The van der Waals surface area contributed by atoms with Crippen molar-refractivity contribution < 1.29 is 17.6 Å². The average molecular weight is 508 g/mol. The number of benzene rings is 3. The van der Waals surface area contributed by atoms with E-state index in [-0.39, 0.29) is 21.5 Å². The molecule has 3 rings (SSSR count). The molecule has 0 aliphatic carbocycles. The Hall–Kier alpha value is -2.78. The molecule has 0 bridgehead atoms. The van der Waals surface area contributed by atoms with Crippen molar-refractivity contribution in [3.05, 3.63) is 99.3 Å². The van der Waals surface area contributed by atoms with Crippen LogP contribution < -0.4 is 5.43 Å². The van der Waals surface area contributed by atoms with Crippen molar-refractivity contribution in [2.24, 2.45) is 5.10 Å². The number of carbonyl (C=O) groups excluding carboxylic acids is 1.